The first-order valence-corrected chi connectivity index (χ1v) is 6.08. The number of likely N-dealkylation sites (N-methyl/N-ethyl adjacent to an activating group) is 1. The van der Waals surface area contributed by atoms with E-state index in [-0.39, 0.29) is 24.0 Å². The Bertz CT molecular complexity index is 467. The van der Waals surface area contributed by atoms with E-state index in [1.807, 2.05) is 7.05 Å². The zero-order chi connectivity index (χ0) is 13.8. The van der Waals surface area contributed by atoms with Gasteiger partial charge in [-0.2, -0.15) is 0 Å². The summed E-state index contributed by atoms with van der Waals surface area (Å²) in [5, 5.41) is 0. The number of hydrogen-bond donors (Lipinski definition) is 1. The lowest BCUT2D eigenvalue weighted by Crippen LogP contribution is -2.42. The monoisotopic (exact) mass is 268 g/mol. The number of rotatable bonds is 3. The van der Waals surface area contributed by atoms with E-state index in [2.05, 4.69) is 4.90 Å². The fourth-order valence-corrected chi connectivity index (χ4v) is 1.89. The number of nitrogens with zero attached hydrogens (tertiary/aromatic N) is 1. The molecule has 1 atom stereocenters. The summed E-state index contributed by atoms with van der Waals surface area (Å²) in [6.07, 6.45) is -0.125. The Balaban J connectivity index is 1.88. The first kappa shape index (κ1) is 13.8. The van der Waals surface area contributed by atoms with E-state index in [1.165, 1.54) is 12.1 Å². The molecule has 6 heteroatoms. The second kappa shape index (κ2) is 5.99. The Hall–Kier alpha value is -1.66. The molecule has 1 aliphatic rings. The van der Waals surface area contributed by atoms with Crippen LogP contribution in [0.25, 0.3) is 0 Å². The zero-order valence-electron chi connectivity index (χ0n) is 10.8. The van der Waals surface area contributed by atoms with Crippen molar-refractivity contribution in [2.24, 2.45) is 0 Å². The van der Waals surface area contributed by atoms with E-state index in [9.17, 15) is 9.18 Å². The van der Waals surface area contributed by atoms with Gasteiger partial charge in [0.05, 0.1) is 17.9 Å². The first-order valence-electron chi connectivity index (χ1n) is 6.08. The second-order valence-corrected chi connectivity index (χ2v) is 4.59. The molecule has 104 valence electrons. The van der Waals surface area contributed by atoms with Gasteiger partial charge in [0.15, 0.2) is 0 Å². The van der Waals surface area contributed by atoms with Crippen molar-refractivity contribution in [1.82, 2.24) is 4.90 Å². The minimum atomic E-state index is -0.547. The molecule has 0 bridgehead atoms. The standard InChI is InChI=1S/C13H17FN2O3/c1-16-4-5-18-10(7-16)8-19-13(17)9-2-3-11(14)12(15)6-9/h2-3,6,10H,4-5,7-8,15H2,1H3. The van der Waals surface area contributed by atoms with E-state index in [0.717, 1.165) is 19.2 Å². The summed E-state index contributed by atoms with van der Waals surface area (Å²) in [5.74, 6) is -1.07. The van der Waals surface area contributed by atoms with Gasteiger partial charge >= 0.3 is 5.97 Å². The number of ether oxygens (including phenoxy) is 2. The summed E-state index contributed by atoms with van der Waals surface area (Å²) in [6, 6.07) is 3.77. The maximum atomic E-state index is 13.0. The molecule has 0 radical (unpaired) electrons. The maximum absolute atomic E-state index is 13.0. The number of morpholine rings is 1. The van der Waals surface area contributed by atoms with E-state index < -0.39 is 11.8 Å². The van der Waals surface area contributed by atoms with Gasteiger partial charge in [-0.25, -0.2) is 9.18 Å². The van der Waals surface area contributed by atoms with Crippen LogP contribution in [0.1, 0.15) is 10.4 Å². The smallest absolute Gasteiger partial charge is 0.338 e. The number of anilines is 1. The van der Waals surface area contributed by atoms with Gasteiger partial charge in [-0.15, -0.1) is 0 Å². The van der Waals surface area contributed by atoms with Crippen LogP contribution in [0.4, 0.5) is 10.1 Å². The van der Waals surface area contributed by atoms with E-state index in [4.69, 9.17) is 15.2 Å². The van der Waals surface area contributed by atoms with Crippen molar-refractivity contribution in [3.05, 3.63) is 29.6 Å². The lowest BCUT2D eigenvalue weighted by Gasteiger charge is -2.29. The summed E-state index contributed by atoms with van der Waals surface area (Å²) >= 11 is 0. The van der Waals surface area contributed by atoms with Crippen molar-refractivity contribution < 1.29 is 18.7 Å². The highest BCUT2D eigenvalue weighted by molar-refractivity contribution is 5.90. The molecular weight excluding hydrogens is 251 g/mol. The molecule has 0 aliphatic carbocycles. The van der Waals surface area contributed by atoms with Crippen LogP contribution in [0.5, 0.6) is 0 Å². The van der Waals surface area contributed by atoms with Crippen LogP contribution in [0.3, 0.4) is 0 Å². The van der Waals surface area contributed by atoms with Crippen LogP contribution in [-0.4, -0.2) is 50.3 Å². The molecule has 1 heterocycles. The van der Waals surface area contributed by atoms with Crippen LogP contribution in [-0.2, 0) is 9.47 Å². The lowest BCUT2D eigenvalue weighted by atomic mass is 10.2. The molecule has 1 aliphatic heterocycles. The second-order valence-electron chi connectivity index (χ2n) is 4.59. The first-order chi connectivity index (χ1) is 9.06. The van der Waals surface area contributed by atoms with E-state index in [1.54, 1.807) is 0 Å². The van der Waals surface area contributed by atoms with Gasteiger partial charge in [0.2, 0.25) is 0 Å². The predicted molar refractivity (Wildman–Crippen MR) is 68.3 cm³/mol. The van der Waals surface area contributed by atoms with Crippen LogP contribution >= 0.6 is 0 Å². The minimum Gasteiger partial charge on any atom is -0.459 e. The Morgan fingerprint density at radius 1 is 1.63 bits per heavy atom. The molecule has 5 nitrogen and oxygen atoms in total. The maximum Gasteiger partial charge on any atom is 0.338 e. The predicted octanol–water partition coefficient (Wildman–Crippen LogP) is 0.895. The number of nitrogen functional groups attached to an aromatic ring is 1. The Morgan fingerprint density at radius 3 is 3.11 bits per heavy atom. The SMILES string of the molecule is CN1CCOC(COC(=O)c2ccc(F)c(N)c2)C1. The molecule has 0 amide bonds. The number of halogens is 1. The van der Waals surface area contributed by atoms with E-state index >= 15 is 0 Å². The van der Waals surface area contributed by atoms with Gasteiger partial charge in [-0.05, 0) is 25.2 Å². The molecule has 0 aromatic heterocycles. The van der Waals surface area contributed by atoms with Gasteiger partial charge in [0.25, 0.3) is 0 Å². The fourth-order valence-electron chi connectivity index (χ4n) is 1.89. The third-order valence-electron chi connectivity index (χ3n) is 2.97. The quantitative estimate of drug-likeness (QED) is 0.651. The summed E-state index contributed by atoms with van der Waals surface area (Å²) in [6.45, 7) is 2.40. The number of benzene rings is 1. The highest BCUT2D eigenvalue weighted by Gasteiger charge is 2.20. The zero-order valence-corrected chi connectivity index (χ0v) is 10.8. The van der Waals surface area contributed by atoms with Crippen molar-refractivity contribution in [1.29, 1.82) is 0 Å². The molecular formula is C13H17FN2O3. The van der Waals surface area contributed by atoms with Crippen LogP contribution < -0.4 is 5.73 Å². The molecule has 0 spiro atoms. The summed E-state index contributed by atoms with van der Waals surface area (Å²) in [5.41, 5.74) is 5.57. The van der Waals surface area contributed by atoms with Gasteiger partial charge in [0.1, 0.15) is 18.5 Å². The average Bonchev–Trinajstić information content (AvgIpc) is 2.39. The average molecular weight is 268 g/mol. The number of hydrogen-bond acceptors (Lipinski definition) is 5. The molecule has 0 saturated carbocycles. The van der Waals surface area contributed by atoms with Crippen molar-refractivity contribution in [2.75, 3.05) is 39.1 Å². The number of carbonyl (C=O) groups excluding carboxylic acids is 1. The highest BCUT2D eigenvalue weighted by atomic mass is 19.1. The molecule has 2 N–H and O–H groups in total. The summed E-state index contributed by atoms with van der Waals surface area (Å²) in [7, 11) is 1.98. The molecule has 1 unspecified atom stereocenters. The lowest BCUT2D eigenvalue weighted by molar-refractivity contribution is -0.0528. The van der Waals surface area contributed by atoms with Gasteiger partial charge in [-0.3, -0.25) is 0 Å². The normalized spacial score (nSPS) is 20.2. The van der Waals surface area contributed by atoms with Gasteiger partial charge in [0, 0.05) is 13.1 Å². The van der Waals surface area contributed by atoms with Gasteiger partial charge in [-0.1, -0.05) is 0 Å². The summed E-state index contributed by atoms with van der Waals surface area (Å²) in [4.78, 5) is 13.9. The molecule has 1 saturated heterocycles. The molecule has 1 fully saturated rings. The Morgan fingerprint density at radius 2 is 2.42 bits per heavy atom. The largest absolute Gasteiger partial charge is 0.459 e. The van der Waals surface area contributed by atoms with Crippen molar-refractivity contribution in [3.63, 3.8) is 0 Å². The number of nitrogens with two attached hydrogens (primary N) is 1. The fraction of sp³-hybridized carbons (Fsp3) is 0.462. The van der Waals surface area contributed by atoms with Crippen molar-refractivity contribution >= 4 is 11.7 Å². The topological polar surface area (TPSA) is 64.8 Å². The third kappa shape index (κ3) is 3.65. The molecule has 19 heavy (non-hydrogen) atoms. The molecule has 2 rings (SSSR count). The number of carbonyl (C=O) groups is 1. The highest BCUT2D eigenvalue weighted by Crippen LogP contribution is 2.13. The van der Waals surface area contributed by atoms with Crippen LogP contribution in [0.15, 0.2) is 18.2 Å². The molecule has 1 aromatic rings. The van der Waals surface area contributed by atoms with Gasteiger partial charge < -0.3 is 20.1 Å². The minimum absolute atomic E-state index is 0.0666. The Labute approximate surface area is 111 Å². The van der Waals surface area contributed by atoms with Crippen molar-refractivity contribution in [2.45, 2.75) is 6.10 Å². The number of esters is 1. The van der Waals surface area contributed by atoms with Crippen molar-refractivity contribution in [3.8, 4) is 0 Å². The van der Waals surface area contributed by atoms with Crippen LogP contribution in [0, 0.1) is 5.82 Å². The molecule has 1 aromatic carbocycles. The summed E-state index contributed by atoms with van der Waals surface area (Å²) < 4.78 is 23.6. The Kier molecular flexibility index (Phi) is 4.34. The third-order valence-corrected chi connectivity index (χ3v) is 2.97. The van der Waals surface area contributed by atoms with E-state index in [0.29, 0.717) is 6.61 Å². The van der Waals surface area contributed by atoms with Crippen LogP contribution in [0.2, 0.25) is 0 Å².